The highest BCUT2D eigenvalue weighted by Gasteiger charge is 2.04. The van der Waals surface area contributed by atoms with Crippen LogP contribution in [0.1, 0.15) is 10.4 Å². The quantitative estimate of drug-likeness (QED) is 0.582. The molecule has 0 atom stereocenters. The maximum atomic E-state index is 10.6. The molecule has 1 aromatic heterocycles. The largest absolute Gasteiger partial charge is 0.298 e. The van der Waals surface area contributed by atoms with Crippen molar-refractivity contribution in [2.45, 2.75) is 4.21 Å². The Hall–Kier alpha value is -0.510. The van der Waals surface area contributed by atoms with E-state index in [0.717, 1.165) is 20.6 Å². The molecular formula is C9H5ClOS2. The predicted molar refractivity (Wildman–Crippen MR) is 59.5 cm³/mol. The summed E-state index contributed by atoms with van der Waals surface area (Å²) in [6, 6.07) is 5.51. The predicted octanol–water partition coefficient (Wildman–Crippen LogP) is 3.66. The second-order valence-corrected chi connectivity index (χ2v) is 4.89. The highest BCUT2D eigenvalue weighted by atomic mass is 35.5. The molecular weight excluding hydrogens is 224 g/mol. The van der Waals surface area contributed by atoms with Crippen LogP contribution < -0.4 is 0 Å². The fourth-order valence-electron chi connectivity index (χ4n) is 1.15. The standard InChI is InChI=1S/C9H5ClOS2/c10-7-1-5-3-9(12)13-8(5)2-6(7)4-11/h1-4,12H. The van der Waals surface area contributed by atoms with Gasteiger partial charge in [-0.25, -0.2) is 0 Å². The lowest BCUT2D eigenvalue weighted by Crippen LogP contribution is -1.79. The minimum absolute atomic E-state index is 0.494. The number of fused-ring (bicyclic) bond motifs is 1. The molecule has 0 unspecified atom stereocenters. The van der Waals surface area contributed by atoms with Crippen LogP contribution in [0, 0.1) is 0 Å². The van der Waals surface area contributed by atoms with Crippen LogP contribution in [0.2, 0.25) is 5.02 Å². The first-order valence-electron chi connectivity index (χ1n) is 3.58. The second-order valence-electron chi connectivity index (χ2n) is 2.61. The maximum absolute atomic E-state index is 10.6. The molecule has 1 aromatic carbocycles. The van der Waals surface area contributed by atoms with Crippen LogP contribution in [-0.4, -0.2) is 6.29 Å². The average molecular weight is 229 g/mol. The highest BCUT2D eigenvalue weighted by Crippen LogP contribution is 2.31. The van der Waals surface area contributed by atoms with E-state index >= 15 is 0 Å². The fraction of sp³-hybridized carbons (Fsp3) is 0. The molecule has 0 aliphatic carbocycles. The lowest BCUT2D eigenvalue weighted by atomic mass is 10.2. The molecule has 0 N–H and O–H groups in total. The Kier molecular flexibility index (Phi) is 2.32. The van der Waals surface area contributed by atoms with Gasteiger partial charge in [-0.3, -0.25) is 4.79 Å². The molecule has 0 spiro atoms. The van der Waals surface area contributed by atoms with E-state index in [0.29, 0.717) is 10.6 Å². The molecule has 0 saturated heterocycles. The summed E-state index contributed by atoms with van der Waals surface area (Å²) in [5.74, 6) is 0. The second kappa shape index (κ2) is 3.33. The summed E-state index contributed by atoms with van der Waals surface area (Å²) in [6.45, 7) is 0. The number of thiophene rings is 1. The number of carbonyl (C=O) groups is 1. The van der Waals surface area contributed by atoms with Crippen molar-refractivity contribution in [1.29, 1.82) is 0 Å². The molecule has 1 nitrogen and oxygen atoms in total. The molecule has 13 heavy (non-hydrogen) atoms. The van der Waals surface area contributed by atoms with E-state index in [-0.39, 0.29) is 0 Å². The van der Waals surface area contributed by atoms with Crippen molar-refractivity contribution in [3.8, 4) is 0 Å². The Labute approximate surface area is 89.7 Å². The Morgan fingerprint density at radius 2 is 2.15 bits per heavy atom. The topological polar surface area (TPSA) is 17.1 Å². The van der Waals surface area contributed by atoms with Gasteiger partial charge < -0.3 is 0 Å². The molecule has 0 fully saturated rings. The summed E-state index contributed by atoms with van der Waals surface area (Å²) in [6.07, 6.45) is 0.764. The minimum atomic E-state index is 0.494. The van der Waals surface area contributed by atoms with E-state index in [1.165, 1.54) is 11.3 Å². The maximum Gasteiger partial charge on any atom is 0.151 e. The zero-order valence-corrected chi connectivity index (χ0v) is 8.92. The summed E-state index contributed by atoms with van der Waals surface area (Å²) in [7, 11) is 0. The summed E-state index contributed by atoms with van der Waals surface area (Å²) in [5, 5.41) is 1.53. The summed E-state index contributed by atoms with van der Waals surface area (Å²) in [5.41, 5.74) is 0.532. The van der Waals surface area contributed by atoms with Crippen molar-refractivity contribution < 1.29 is 4.79 Å². The van der Waals surface area contributed by atoms with Crippen molar-refractivity contribution in [3.63, 3.8) is 0 Å². The van der Waals surface area contributed by atoms with Crippen molar-refractivity contribution >= 4 is 51.9 Å². The number of benzene rings is 1. The van der Waals surface area contributed by atoms with Gasteiger partial charge in [0, 0.05) is 10.3 Å². The van der Waals surface area contributed by atoms with E-state index in [2.05, 4.69) is 12.6 Å². The molecule has 0 aliphatic heterocycles. The Morgan fingerprint density at radius 1 is 1.38 bits per heavy atom. The third-order valence-corrected chi connectivity index (χ3v) is 3.38. The van der Waals surface area contributed by atoms with E-state index in [1.807, 2.05) is 6.07 Å². The zero-order valence-electron chi connectivity index (χ0n) is 6.45. The van der Waals surface area contributed by atoms with Crippen LogP contribution in [0.15, 0.2) is 22.4 Å². The van der Waals surface area contributed by atoms with Crippen molar-refractivity contribution in [2.24, 2.45) is 0 Å². The van der Waals surface area contributed by atoms with Gasteiger partial charge in [-0.15, -0.1) is 24.0 Å². The third-order valence-electron chi connectivity index (χ3n) is 1.75. The number of carbonyl (C=O) groups excluding carboxylic acids is 1. The summed E-state index contributed by atoms with van der Waals surface area (Å²) >= 11 is 11.6. The highest BCUT2D eigenvalue weighted by molar-refractivity contribution is 7.83. The number of rotatable bonds is 1. The molecule has 0 amide bonds. The number of hydrogen-bond acceptors (Lipinski definition) is 3. The number of thiol groups is 1. The van der Waals surface area contributed by atoms with Gasteiger partial charge in [-0.05, 0) is 23.6 Å². The molecule has 1 heterocycles. The van der Waals surface area contributed by atoms with E-state index in [1.54, 1.807) is 12.1 Å². The molecule has 4 heteroatoms. The molecule has 0 aliphatic rings. The van der Waals surface area contributed by atoms with E-state index in [4.69, 9.17) is 11.6 Å². The molecule has 66 valence electrons. The Bertz CT molecular complexity index is 476. The van der Waals surface area contributed by atoms with Crippen LogP contribution in [0.3, 0.4) is 0 Å². The number of aldehydes is 1. The van der Waals surface area contributed by atoms with Gasteiger partial charge in [0.1, 0.15) is 0 Å². The summed E-state index contributed by atoms with van der Waals surface area (Å²) < 4.78 is 1.96. The lowest BCUT2D eigenvalue weighted by Gasteiger charge is -1.94. The Morgan fingerprint density at radius 3 is 2.85 bits per heavy atom. The number of halogens is 1. The molecule has 0 radical (unpaired) electrons. The molecule has 0 saturated carbocycles. The van der Waals surface area contributed by atoms with Gasteiger partial charge in [0.15, 0.2) is 6.29 Å². The Balaban J connectivity index is 2.79. The van der Waals surface area contributed by atoms with Crippen LogP contribution in [0.5, 0.6) is 0 Å². The van der Waals surface area contributed by atoms with Crippen molar-refractivity contribution in [1.82, 2.24) is 0 Å². The average Bonchev–Trinajstić information content (AvgIpc) is 2.42. The minimum Gasteiger partial charge on any atom is -0.298 e. The van der Waals surface area contributed by atoms with Crippen LogP contribution in [-0.2, 0) is 0 Å². The van der Waals surface area contributed by atoms with E-state index < -0.39 is 0 Å². The summed E-state index contributed by atoms with van der Waals surface area (Å²) in [4.78, 5) is 10.6. The fourth-order valence-corrected chi connectivity index (χ4v) is 2.63. The normalized spacial score (nSPS) is 10.6. The first-order valence-corrected chi connectivity index (χ1v) is 5.22. The van der Waals surface area contributed by atoms with Crippen molar-refractivity contribution in [2.75, 3.05) is 0 Å². The van der Waals surface area contributed by atoms with Gasteiger partial charge >= 0.3 is 0 Å². The first-order chi connectivity index (χ1) is 6.20. The first kappa shape index (κ1) is 9.06. The third kappa shape index (κ3) is 1.59. The molecule has 2 rings (SSSR count). The lowest BCUT2D eigenvalue weighted by molar-refractivity contribution is 0.112. The van der Waals surface area contributed by atoms with Gasteiger partial charge in [0.2, 0.25) is 0 Å². The van der Waals surface area contributed by atoms with Crippen LogP contribution in [0.25, 0.3) is 10.1 Å². The smallest absolute Gasteiger partial charge is 0.151 e. The van der Waals surface area contributed by atoms with Gasteiger partial charge in [0.25, 0.3) is 0 Å². The van der Waals surface area contributed by atoms with Crippen molar-refractivity contribution in [3.05, 3.63) is 28.8 Å². The molecule has 2 aromatic rings. The van der Waals surface area contributed by atoms with Gasteiger partial charge in [0.05, 0.1) is 9.23 Å². The van der Waals surface area contributed by atoms with E-state index in [9.17, 15) is 4.79 Å². The van der Waals surface area contributed by atoms with Gasteiger partial charge in [-0.1, -0.05) is 11.6 Å². The van der Waals surface area contributed by atoms with Crippen LogP contribution >= 0.6 is 35.6 Å². The molecule has 0 bridgehead atoms. The number of hydrogen-bond donors (Lipinski definition) is 1. The SMILES string of the molecule is O=Cc1cc2sc(S)cc2cc1Cl. The zero-order chi connectivity index (χ0) is 9.42. The van der Waals surface area contributed by atoms with Gasteiger partial charge in [-0.2, -0.15) is 0 Å². The van der Waals surface area contributed by atoms with Crippen LogP contribution in [0.4, 0.5) is 0 Å². The monoisotopic (exact) mass is 228 g/mol.